The summed E-state index contributed by atoms with van der Waals surface area (Å²) in [4.78, 5) is 13.3. The van der Waals surface area contributed by atoms with E-state index in [1.165, 1.54) is 0 Å². The van der Waals surface area contributed by atoms with Gasteiger partial charge in [0.15, 0.2) is 5.82 Å². The number of hydrogen-bond acceptors (Lipinski definition) is 7. The number of methoxy groups -OCH3 is 1. The zero-order chi connectivity index (χ0) is 16.5. The summed E-state index contributed by atoms with van der Waals surface area (Å²) in [6.07, 6.45) is 2.33. The molecule has 0 N–H and O–H groups in total. The van der Waals surface area contributed by atoms with Crippen molar-refractivity contribution in [1.82, 2.24) is 29.9 Å². The standard InChI is InChI=1S/C16H18N6O2/c1-10-17-14-7-6-11(9-22(14)20-10)16-19-13(21-24-16)8-12-4-3-5-15(18-12)23-2/h3-5,11H,6-9H2,1-2H3. The fourth-order valence-electron chi connectivity index (χ4n) is 2.97. The number of hydrogen-bond donors (Lipinski definition) is 0. The average molecular weight is 326 g/mol. The van der Waals surface area contributed by atoms with Gasteiger partial charge in [-0.3, -0.25) is 0 Å². The molecule has 4 rings (SSSR count). The Morgan fingerprint density at radius 3 is 3.08 bits per heavy atom. The molecular formula is C16H18N6O2. The summed E-state index contributed by atoms with van der Waals surface area (Å²) in [5.41, 5.74) is 0.847. The van der Waals surface area contributed by atoms with E-state index in [0.717, 1.165) is 36.7 Å². The molecule has 24 heavy (non-hydrogen) atoms. The van der Waals surface area contributed by atoms with Gasteiger partial charge in [-0.05, 0) is 19.4 Å². The predicted octanol–water partition coefficient (Wildman–Crippen LogP) is 1.69. The van der Waals surface area contributed by atoms with Crippen LogP contribution in [0.4, 0.5) is 0 Å². The summed E-state index contributed by atoms with van der Waals surface area (Å²) in [6, 6.07) is 5.63. The Bertz CT molecular complexity index is 856. The van der Waals surface area contributed by atoms with Gasteiger partial charge in [-0.1, -0.05) is 11.2 Å². The lowest BCUT2D eigenvalue weighted by molar-refractivity contribution is 0.306. The van der Waals surface area contributed by atoms with Crippen LogP contribution in [0, 0.1) is 6.92 Å². The molecule has 4 heterocycles. The van der Waals surface area contributed by atoms with Crippen molar-refractivity contribution in [2.75, 3.05) is 7.11 Å². The summed E-state index contributed by atoms with van der Waals surface area (Å²) in [6.45, 7) is 2.64. The van der Waals surface area contributed by atoms with Crippen molar-refractivity contribution in [2.24, 2.45) is 0 Å². The van der Waals surface area contributed by atoms with Gasteiger partial charge in [-0.25, -0.2) is 14.6 Å². The van der Waals surface area contributed by atoms with Gasteiger partial charge in [-0.2, -0.15) is 10.1 Å². The SMILES string of the molecule is COc1cccc(Cc2noc(C3CCc4nc(C)nn4C3)n2)n1. The van der Waals surface area contributed by atoms with Crippen LogP contribution in [0.25, 0.3) is 0 Å². The highest BCUT2D eigenvalue weighted by molar-refractivity contribution is 5.18. The van der Waals surface area contributed by atoms with Crippen molar-refractivity contribution in [3.63, 3.8) is 0 Å². The quantitative estimate of drug-likeness (QED) is 0.720. The van der Waals surface area contributed by atoms with Gasteiger partial charge in [0, 0.05) is 12.5 Å². The van der Waals surface area contributed by atoms with Crippen molar-refractivity contribution in [2.45, 2.75) is 38.6 Å². The number of nitrogens with zero attached hydrogens (tertiary/aromatic N) is 6. The van der Waals surface area contributed by atoms with E-state index in [1.807, 2.05) is 29.8 Å². The topological polar surface area (TPSA) is 91.8 Å². The van der Waals surface area contributed by atoms with E-state index in [2.05, 4.69) is 25.2 Å². The van der Waals surface area contributed by atoms with Crippen molar-refractivity contribution in [1.29, 1.82) is 0 Å². The van der Waals surface area contributed by atoms with Crippen molar-refractivity contribution >= 4 is 0 Å². The van der Waals surface area contributed by atoms with Gasteiger partial charge in [0.1, 0.15) is 11.6 Å². The third-order valence-corrected chi connectivity index (χ3v) is 4.13. The summed E-state index contributed by atoms with van der Waals surface area (Å²) >= 11 is 0. The molecule has 1 atom stereocenters. The Labute approximate surface area is 138 Å². The maximum atomic E-state index is 5.47. The summed E-state index contributed by atoms with van der Waals surface area (Å²) in [5, 5.41) is 8.50. The van der Waals surface area contributed by atoms with Crippen LogP contribution in [0.3, 0.4) is 0 Å². The van der Waals surface area contributed by atoms with Gasteiger partial charge >= 0.3 is 0 Å². The molecule has 0 radical (unpaired) electrons. The third kappa shape index (κ3) is 2.86. The number of fused-ring (bicyclic) bond motifs is 1. The van der Waals surface area contributed by atoms with Crippen LogP contribution in [0.5, 0.6) is 5.88 Å². The molecule has 8 nitrogen and oxygen atoms in total. The molecular weight excluding hydrogens is 308 g/mol. The Kier molecular flexibility index (Phi) is 3.72. The van der Waals surface area contributed by atoms with Crippen LogP contribution in [-0.2, 0) is 19.4 Å². The van der Waals surface area contributed by atoms with Crippen molar-refractivity contribution < 1.29 is 9.26 Å². The van der Waals surface area contributed by atoms with Crippen LogP contribution >= 0.6 is 0 Å². The second kappa shape index (κ2) is 6.03. The first-order valence-electron chi connectivity index (χ1n) is 7.94. The van der Waals surface area contributed by atoms with E-state index in [4.69, 9.17) is 9.26 Å². The fourth-order valence-corrected chi connectivity index (χ4v) is 2.97. The van der Waals surface area contributed by atoms with Gasteiger partial charge in [-0.15, -0.1) is 0 Å². The lowest BCUT2D eigenvalue weighted by Crippen LogP contribution is -2.20. The Morgan fingerprint density at radius 1 is 1.29 bits per heavy atom. The molecule has 0 saturated carbocycles. The summed E-state index contributed by atoms with van der Waals surface area (Å²) < 4.78 is 12.6. The number of aryl methyl sites for hydroxylation is 2. The monoisotopic (exact) mass is 326 g/mol. The largest absolute Gasteiger partial charge is 0.481 e. The lowest BCUT2D eigenvalue weighted by atomic mass is 10.00. The van der Waals surface area contributed by atoms with Crippen LogP contribution in [0.1, 0.15) is 41.4 Å². The normalized spacial score (nSPS) is 16.8. The van der Waals surface area contributed by atoms with E-state index in [-0.39, 0.29) is 5.92 Å². The van der Waals surface area contributed by atoms with Crippen LogP contribution in [-0.4, -0.2) is 37.0 Å². The molecule has 0 aromatic carbocycles. The number of pyridine rings is 1. The number of aromatic nitrogens is 6. The smallest absolute Gasteiger partial charge is 0.231 e. The minimum atomic E-state index is 0.179. The molecule has 3 aromatic rings. The molecule has 0 aliphatic carbocycles. The molecule has 0 amide bonds. The lowest BCUT2D eigenvalue weighted by Gasteiger charge is -2.18. The minimum absolute atomic E-state index is 0.179. The first-order valence-corrected chi connectivity index (χ1v) is 7.94. The Morgan fingerprint density at radius 2 is 2.21 bits per heavy atom. The summed E-state index contributed by atoms with van der Waals surface area (Å²) in [7, 11) is 1.60. The molecule has 1 aliphatic rings. The van der Waals surface area contributed by atoms with E-state index in [0.29, 0.717) is 24.0 Å². The molecule has 3 aromatic heterocycles. The van der Waals surface area contributed by atoms with Gasteiger partial charge < -0.3 is 9.26 Å². The van der Waals surface area contributed by atoms with Crippen molar-refractivity contribution in [3.8, 4) is 5.88 Å². The second-order valence-corrected chi connectivity index (χ2v) is 5.89. The molecule has 0 spiro atoms. The van der Waals surface area contributed by atoms with Gasteiger partial charge in [0.05, 0.1) is 31.7 Å². The highest BCUT2D eigenvalue weighted by Gasteiger charge is 2.26. The highest BCUT2D eigenvalue weighted by atomic mass is 16.5. The first-order chi connectivity index (χ1) is 11.7. The third-order valence-electron chi connectivity index (χ3n) is 4.13. The first kappa shape index (κ1) is 14.8. The average Bonchev–Trinajstić information content (AvgIpc) is 3.19. The van der Waals surface area contributed by atoms with Crippen LogP contribution in [0.2, 0.25) is 0 Å². The predicted molar refractivity (Wildman–Crippen MR) is 83.7 cm³/mol. The number of rotatable bonds is 4. The van der Waals surface area contributed by atoms with Gasteiger partial charge in [0.2, 0.25) is 11.8 Å². The second-order valence-electron chi connectivity index (χ2n) is 5.89. The molecule has 1 unspecified atom stereocenters. The molecule has 124 valence electrons. The number of ether oxygens (including phenoxy) is 1. The van der Waals surface area contributed by atoms with E-state index >= 15 is 0 Å². The summed E-state index contributed by atoms with van der Waals surface area (Å²) in [5.74, 6) is 3.89. The van der Waals surface area contributed by atoms with Crippen LogP contribution in [0.15, 0.2) is 22.7 Å². The maximum absolute atomic E-state index is 5.47. The Hall–Kier alpha value is -2.77. The van der Waals surface area contributed by atoms with Crippen molar-refractivity contribution in [3.05, 3.63) is 47.3 Å². The molecule has 8 heteroatoms. The molecule has 0 saturated heterocycles. The van der Waals surface area contributed by atoms with E-state index < -0.39 is 0 Å². The van der Waals surface area contributed by atoms with E-state index in [1.54, 1.807) is 7.11 Å². The zero-order valence-corrected chi connectivity index (χ0v) is 13.6. The minimum Gasteiger partial charge on any atom is -0.481 e. The zero-order valence-electron chi connectivity index (χ0n) is 13.6. The molecule has 0 bridgehead atoms. The van der Waals surface area contributed by atoms with Crippen LogP contribution < -0.4 is 4.74 Å². The molecule has 1 aliphatic heterocycles. The Balaban J connectivity index is 1.49. The maximum Gasteiger partial charge on any atom is 0.231 e. The fraction of sp³-hybridized carbons (Fsp3) is 0.438. The highest BCUT2D eigenvalue weighted by Crippen LogP contribution is 2.27. The van der Waals surface area contributed by atoms with E-state index in [9.17, 15) is 0 Å². The molecule has 0 fully saturated rings. The van der Waals surface area contributed by atoms with Gasteiger partial charge in [0.25, 0.3) is 0 Å².